The second kappa shape index (κ2) is 4.51. The largest absolute Gasteiger partial charge is 0.390 e. The number of carbonyl (C=O) groups excluding carboxylic acids is 2. The number of likely N-dealkylation sites (N-methyl/N-ethyl adjacent to an activating group) is 1. The maximum absolute atomic E-state index is 12.2. The highest BCUT2D eigenvalue weighted by Crippen LogP contribution is 2.40. The molecular formula is C14H15N5O3. The summed E-state index contributed by atoms with van der Waals surface area (Å²) in [7, 11) is 1.46. The van der Waals surface area contributed by atoms with Crippen LogP contribution in [0.2, 0.25) is 0 Å². The molecular weight excluding hydrogens is 286 g/mol. The second-order valence-corrected chi connectivity index (χ2v) is 5.71. The molecule has 1 N–H and O–H groups in total. The van der Waals surface area contributed by atoms with Crippen LogP contribution in [-0.4, -0.2) is 49.9 Å². The van der Waals surface area contributed by atoms with Crippen LogP contribution in [0.4, 0.5) is 10.6 Å². The Balaban J connectivity index is 1.89. The first-order valence-corrected chi connectivity index (χ1v) is 7.16. The molecule has 22 heavy (non-hydrogen) atoms. The number of aliphatic hydroxyl groups is 1. The van der Waals surface area contributed by atoms with Gasteiger partial charge in [0.25, 0.3) is 5.91 Å². The normalized spacial score (nSPS) is 18.8. The van der Waals surface area contributed by atoms with Gasteiger partial charge in [-0.1, -0.05) is 0 Å². The topological polar surface area (TPSA) is 91.0 Å². The molecule has 8 nitrogen and oxygen atoms in total. The summed E-state index contributed by atoms with van der Waals surface area (Å²) in [4.78, 5) is 35.3. The van der Waals surface area contributed by atoms with Gasteiger partial charge in [0.15, 0.2) is 11.5 Å². The van der Waals surface area contributed by atoms with Gasteiger partial charge in [0.05, 0.1) is 18.0 Å². The van der Waals surface area contributed by atoms with Gasteiger partial charge in [-0.15, -0.1) is 0 Å². The van der Waals surface area contributed by atoms with Crippen LogP contribution in [-0.2, 0) is 11.4 Å². The third-order valence-corrected chi connectivity index (χ3v) is 4.09. The summed E-state index contributed by atoms with van der Waals surface area (Å²) in [6, 6.07) is -0.402. The van der Waals surface area contributed by atoms with Crippen LogP contribution in [0.25, 0.3) is 5.65 Å². The molecule has 8 heteroatoms. The third kappa shape index (κ3) is 1.87. The highest BCUT2D eigenvalue weighted by molar-refractivity contribution is 6.12. The average Bonchev–Trinajstić information content (AvgIpc) is 3.23. The van der Waals surface area contributed by atoms with Gasteiger partial charge in [-0.2, -0.15) is 0 Å². The van der Waals surface area contributed by atoms with Gasteiger partial charge in [0.2, 0.25) is 0 Å². The summed E-state index contributed by atoms with van der Waals surface area (Å²) in [5, 5.41) is 9.28. The molecule has 2 aromatic heterocycles. The quantitative estimate of drug-likeness (QED) is 0.834. The van der Waals surface area contributed by atoms with E-state index in [9.17, 15) is 14.7 Å². The molecule has 0 spiro atoms. The van der Waals surface area contributed by atoms with Crippen LogP contribution < -0.4 is 4.90 Å². The molecule has 3 amide bonds. The van der Waals surface area contributed by atoms with Crippen molar-refractivity contribution in [1.29, 1.82) is 0 Å². The van der Waals surface area contributed by atoms with Crippen molar-refractivity contribution in [3.63, 3.8) is 0 Å². The lowest BCUT2D eigenvalue weighted by molar-refractivity contribution is -0.123. The molecule has 0 atom stereocenters. The van der Waals surface area contributed by atoms with Gasteiger partial charge < -0.3 is 9.51 Å². The zero-order valence-electron chi connectivity index (χ0n) is 12.1. The van der Waals surface area contributed by atoms with Crippen molar-refractivity contribution in [3.05, 3.63) is 23.8 Å². The first kappa shape index (κ1) is 13.2. The van der Waals surface area contributed by atoms with Gasteiger partial charge >= 0.3 is 6.03 Å². The summed E-state index contributed by atoms with van der Waals surface area (Å²) < 4.78 is 1.78. The molecule has 2 fully saturated rings. The number of hydrogen-bond acceptors (Lipinski definition) is 5. The number of rotatable bonds is 3. The number of amides is 3. The predicted octanol–water partition coefficient (Wildman–Crippen LogP) is 0.497. The summed E-state index contributed by atoms with van der Waals surface area (Å²) >= 11 is 0. The Morgan fingerprint density at radius 3 is 2.64 bits per heavy atom. The molecule has 114 valence electrons. The maximum Gasteiger partial charge on any atom is 0.332 e. The van der Waals surface area contributed by atoms with Crippen molar-refractivity contribution in [2.75, 3.05) is 18.5 Å². The van der Waals surface area contributed by atoms with E-state index in [-0.39, 0.29) is 19.1 Å². The van der Waals surface area contributed by atoms with Crippen molar-refractivity contribution in [2.24, 2.45) is 0 Å². The number of imide groups is 1. The minimum atomic E-state index is -0.402. The number of aliphatic hydroxyl groups excluding tert-OH is 1. The summed E-state index contributed by atoms with van der Waals surface area (Å²) in [5.74, 6) is 0.511. The Hall–Kier alpha value is -2.48. The molecule has 0 unspecified atom stereocenters. The number of fused-ring (bicyclic) bond motifs is 1. The Morgan fingerprint density at radius 2 is 2.05 bits per heavy atom. The number of urea groups is 1. The number of hydrogen-bond donors (Lipinski definition) is 1. The standard InChI is InChI=1S/C14H15N5O3/c1-17-11(21)6-19(14(17)22)13-12-15-9(7-20)4-18(12)5-10(16-13)8-2-3-8/h4-5,8,20H,2-3,6-7H2,1H3. The number of aromatic nitrogens is 3. The fourth-order valence-electron chi connectivity index (χ4n) is 2.65. The van der Waals surface area contributed by atoms with Crippen molar-refractivity contribution >= 4 is 23.4 Å². The zero-order valence-corrected chi connectivity index (χ0v) is 12.1. The van der Waals surface area contributed by atoms with E-state index >= 15 is 0 Å². The smallest absolute Gasteiger partial charge is 0.332 e. The van der Waals surface area contributed by atoms with E-state index in [2.05, 4.69) is 9.97 Å². The Kier molecular flexibility index (Phi) is 2.70. The maximum atomic E-state index is 12.2. The molecule has 2 aliphatic rings. The average molecular weight is 301 g/mol. The Bertz CT molecular complexity index is 795. The molecule has 0 bridgehead atoms. The highest BCUT2D eigenvalue weighted by Gasteiger charge is 2.37. The Morgan fingerprint density at radius 1 is 1.27 bits per heavy atom. The molecule has 3 heterocycles. The lowest BCUT2D eigenvalue weighted by atomic mass is 10.3. The predicted molar refractivity (Wildman–Crippen MR) is 76.4 cm³/mol. The van der Waals surface area contributed by atoms with Crippen LogP contribution in [0.3, 0.4) is 0 Å². The lowest BCUT2D eigenvalue weighted by Crippen LogP contribution is -2.31. The molecule has 1 aliphatic carbocycles. The summed E-state index contributed by atoms with van der Waals surface area (Å²) in [6.07, 6.45) is 5.76. The zero-order chi connectivity index (χ0) is 15.4. The van der Waals surface area contributed by atoms with Gasteiger partial charge in [-0.05, 0) is 12.8 Å². The van der Waals surface area contributed by atoms with E-state index in [0.29, 0.717) is 23.1 Å². The van der Waals surface area contributed by atoms with Gasteiger partial charge in [0, 0.05) is 25.4 Å². The molecule has 1 aliphatic heterocycles. The van der Waals surface area contributed by atoms with Gasteiger partial charge in [-0.3, -0.25) is 14.6 Å². The van der Waals surface area contributed by atoms with Crippen LogP contribution in [0.15, 0.2) is 12.4 Å². The van der Waals surface area contributed by atoms with E-state index in [1.807, 2.05) is 6.20 Å². The van der Waals surface area contributed by atoms with E-state index in [0.717, 1.165) is 23.4 Å². The van der Waals surface area contributed by atoms with Gasteiger partial charge in [-0.25, -0.2) is 14.8 Å². The van der Waals surface area contributed by atoms with Crippen LogP contribution in [0.5, 0.6) is 0 Å². The number of carbonyl (C=O) groups is 2. The minimum absolute atomic E-state index is 0.0343. The fourth-order valence-corrected chi connectivity index (χ4v) is 2.65. The van der Waals surface area contributed by atoms with Crippen molar-refractivity contribution in [3.8, 4) is 0 Å². The first-order chi connectivity index (χ1) is 10.6. The third-order valence-electron chi connectivity index (χ3n) is 4.09. The molecule has 1 saturated carbocycles. The van der Waals surface area contributed by atoms with E-state index < -0.39 is 6.03 Å². The van der Waals surface area contributed by atoms with Crippen molar-refractivity contribution in [2.45, 2.75) is 25.4 Å². The van der Waals surface area contributed by atoms with Crippen molar-refractivity contribution < 1.29 is 14.7 Å². The van der Waals surface area contributed by atoms with E-state index in [4.69, 9.17) is 0 Å². The van der Waals surface area contributed by atoms with E-state index in [1.54, 1.807) is 10.6 Å². The second-order valence-electron chi connectivity index (χ2n) is 5.71. The van der Waals surface area contributed by atoms with Crippen LogP contribution >= 0.6 is 0 Å². The summed E-state index contributed by atoms with van der Waals surface area (Å²) in [5.41, 5.74) is 1.87. The molecule has 2 aromatic rings. The monoisotopic (exact) mass is 301 g/mol. The summed E-state index contributed by atoms with van der Waals surface area (Å²) in [6.45, 7) is -0.222. The minimum Gasteiger partial charge on any atom is -0.390 e. The van der Waals surface area contributed by atoms with Crippen LogP contribution in [0.1, 0.15) is 30.1 Å². The fraction of sp³-hybridized carbons (Fsp3) is 0.429. The Labute approximate surface area is 126 Å². The molecule has 1 saturated heterocycles. The number of nitrogens with zero attached hydrogens (tertiary/aromatic N) is 5. The highest BCUT2D eigenvalue weighted by atomic mass is 16.3. The molecule has 0 aromatic carbocycles. The van der Waals surface area contributed by atoms with Crippen LogP contribution in [0, 0.1) is 0 Å². The lowest BCUT2D eigenvalue weighted by Gasteiger charge is -2.15. The number of anilines is 1. The SMILES string of the molecule is CN1C(=O)CN(c2nc(C3CC3)cn3cc(CO)nc23)C1=O. The van der Waals surface area contributed by atoms with E-state index in [1.165, 1.54) is 11.9 Å². The first-order valence-electron chi connectivity index (χ1n) is 7.16. The van der Waals surface area contributed by atoms with Crippen molar-refractivity contribution in [1.82, 2.24) is 19.3 Å². The molecule has 4 rings (SSSR count). The molecule has 0 radical (unpaired) electrons. The number of imidazole rings is 1. The van der Waals surface area contributed by atoms with Gasteiger partial charge in [0.1, 0.15) is 6.54 Å².